The number of rotatable bonds is 5. The van der Waals surface area contributed by atoms with Crippen molar-refractivity contribution in [2.45, 2.75) is 51.6 Å². The summed E-state index contributed by atoms with van der Waals surface area (Å²) in [4.78, 5) is 10.5. The zero-order chi connectivity index (χ0) is 13.8. The summed E-state index contributed by atoms with van der Waals surface area (Å²) in [6.07, 6.45) is 8.23. The molecule has 20 heavy (non-hydrogen) atoms. The Bertz CT molecular complexity index is 544. The van der Waals surface area contributed by atoms with Crippen LogP contribution in [-0.2, 0) is 13.0 Å². The Morgan fingerprint density at radius 2 is 2.15 bits per heavy atom. The van der Waals surface area contributed by atoms with Crippen LogP contribution in [-0.4, -0.2) is 16.0 Å². The zero-order valence-corrected chi connectivity index (χ0v) is 12.7. The van der Waals surface area contributed by atoms with E-state index < -0.39 is 0 Å². The second-order valence-electron chi connectivity index (χ2n) is 5.32. The molecule has 4 heteroatoms. The van der Waals surface area contributed by atoms with Crippen LogP contribution in [0, 0.1) is 0 Å². The fourth-order valence-electron chi connectivity index (χ4n) is 2.76. The van der Waals surface area contributed by atoms with E-state index in [1.54, 1.807) is 11.3 Å². The number of thiazole rings is 1. The van der Waals surface area contributed by atoms with Crippen LogP contribution in [0.5, 0.6) is 0 Å². The van der Waals surface area contributed by atoms with E-state index in [0.717, 1.165) is 23.7 Å². The fourth-order valence-corrected chi connectivity index (χ4v) is 3.84. The lowest BCUT2D eigenvalue weighted by Crippen LogP contribution is -2.25. The summed E-state index contributed by atoms with van der Waals surface area (Å²) in [5, 5.41) is 4.73. The molecule has 1 aliphatic carbocycles. The normalized spacial score (nSPS) is 15.8. The summed E-state index contributed by atoms with van der Waals surface area (Å²) in [5.74, 6) is 0. The van der Waals surface area contributed by atoms with Crippen LogP contribution < -0.4 is 5.32 Å². The second kappa shape index (κ2) is 6.46. The molecule has 0 bridgehead atoms. The molecule has 0 atom stereocenters. The van der Waals surface area contributed by atoms with Gasteiger partial charge in [0.1, 0.15) is 5.01 Å². The van der Waals surface area contributed by atoms with Crippen LogP contribution in [0.1, 0.15) is 43.2 Å². The van der Waals surface area contributed by atoms with Gasteiger partial charge in [0, 0.05) is 23.7 Å². The van der Waals surface area contributed by atoms with Gasteiger partial charge in [0.2, 0.25) is 0 Å². The highest BCUT2D eigenvalue weighted by molar-refractivity contribution is 7.15. The molecule has 1 saturated carbocycles. The summed E-state index contributed by atoms with van der Waals surface area (Å²) in [5.41, 5.74) is 2.21. The molecule has 2 aromatic heterocycles. The Morgan fingerprint density at radius 3 is 2.85 bits per heavy atom. The van der Waals surface area contributed by atoms with E-state index >= 15 is 0 Å². The predicted molar refractivity (Wildman–Crippen MR) is 83.8 cm³/mol. The van der Waals surface area contributed by atoms with Gasteiger partial charge in [0.05, 0.1) is 11.4 Å². The van der Waals surface area contributed by atoms with Gasteiger partial charge in [-0.2, -0.15) is 0 Å². The van der Waals surface area contributed by atoms with Gasteiger partial charge in [-0.05, 0) is 31.4 Å². The van der Waals surface area contributed by atoms with E-state index in [2.05, 4.69) is 17.2 Å². The maximum atomic E-state index is 4.76. The number of pyridine rings is 1. The Hall–Kier alpha value is -1.26. The largest absolute Gasteiger partial charge is 0.309 e. The number of aromatic nitrogens is 2. The van der Waals surface area contributed by atoms with Gasteiger partial charge >= 0.3 is 0 Å². The van der Waals surface area contributed by atoms with Crippen LogP contribution >= 0.6 is 11.3 Å². The molecule has 0 amide bonds. The molecule has 0 spiro atoms. The minimum absolute atomic E-state index is 0.708. The number of hydrogen-bond donors (Lipinski definition) is 1. The van der Waals surface area contributed by atoms with E-state index in [1.165, 1.54) is 36.3 Å². The predicted octanol–water partition coefficient (Wildman–Crippen LogP) is 3.80. The van der Waals surface area contributed by atoms with Gasteiger partial charge in [0.25, 0.3) is 0 Å². The van der Waals surface area contributed by atoms with Crippen molar-refractivity contribution in [2.75, 3.05) is 0 Å². The van der Waals surface area contributed by atoms with Crippen molar-refractivity contribution < 1.29 is 0 Å². The third-order valence-electron chi connectivity index (χ3n) is 3.90. The average molecular weight is 287 g/mol. The summed E-state index contributed by atoms with van der Waals surface area (Å²) in [6.45, 7) is 3.13. The highest BCUT2D eigenvalue weighted by Gasteiger charge is 2.16. The van der Waals surface area contributed by atoms with Crippen molar-refractivity contribution in [3.05, 3.63) is 35.0 Å². The molecule has 0 aliphatic heterocycles. The first kappa shape index (κ1) is 13.7. The Kier molecular flexibility index (Phi) is 4.43. The van der Waals surface area contributed by atoms with Crippen molar-refractivity contribution in [1.82, 2.24) is 15.3 Å². The van der Waals surface area contributed by atoms with Crippen molar-refractivity contribution in [2.24, 2.45) is 0 Å². The van der Waals surface area contributed by atoms with Crippen LogP contribution in [0.15, 0.2) is 24.4 Å². The molecule has 2 heterocycles. The van der Waals surface area contributed by atoms with Crippen LogP contribution in [0.3, 0.4) is 0 Å². The molecule has 0 radical (unpaired) electrons. The monoisotopic (exact) mass is 287 g/mol. The molecule has 3 rings (SSSR count). The molecular formula is C16H21N3S. The van der Waals surface area contributed by atoms with Crippen LogP contribution in [0.25, 0.3) is 10.7 Å². The van der Waals surface area contributed by atoms with E-state index in [-0.39, 0.29) is 0 Å². The Labute approximate surface area is 124 Å². The highest BCUT2D eigenvalue weighted by atomic mass is 32.1. The van der Waals surface area contributed by atoms with Crippen molar-refractivity contribution >= 4 is 11.3 Å². The first-order valence-corrected chi connectivity index (χ1v) is 8.32. The molecule has 0 saturated heterocycles. The lowest BCUT2D eigenvalue weighted by atomic mass is 10.2. The first-order chi connectivity index (χ1) is 9.86. The highest BCUT2D eigenvalue weighted by Crippen LogP contribution is 2.27. The fraction of sp³-hybridized carbons (Fsp3) is 0.500. The van der Waals surface area contributed by atoms with Crippen molar-refractivity contribution in [3.63, 3.8) is 0 Å². The van der Waals surface area contributed by atoms with Crippen molar-refractivity contribution in [3.8, 4) is 10.7 Å². The molecule has 1 fully saturated rings. The minimum Gasteiger partial charge on any atom is -0.309 e. The summed E-state index contributed by atoms with van der Waals surface area (Å²) in [6, 6.07) is 6.71. The van der Waals surface area contributed by atoms with Gasteiger partial charge in [0.15, 0.2) is 0 Å². The number of nitrogens with one attached hydrogen (secondary N) is 1. The third kappa shape index (κ3) is 3.07. The quantitative estimate of drug-likeness (QED) is 0.909. The second-order valence-corrected chi connectivity index (χ2v) is 6.40. The number of aryl methyl sites for hydroxylation is 1. The maximum Gasteiger partial charge on any atom is 0.142 e. The zero-order valence-electron chi connectivity index (χ0n) is 11.9. The van der Waals surface area contributed by atoms with Gasteiger partial charge in [-0.15, -0.1) is 11.3 Å². The standard InChI is InChI=1S/C16H21N3S/c1-2-13-15(11-18-12-7-3-4-8-12)20-16(19-13)14-9-5-6-10-17-14/h5-6,9-10,12,18H,2-4,7-8,11H2,1H3. The molecule has 106 valence electrons. The first-order valence-electron chi connectivity index (χ1n) is 7.50. The van der Waals surface area contributed by atoms with Gasteiger partial charge in [-0.1, -0.05) is 25.8 Å². The number of hydrogen-bond acceptors (Lipinski definition) is 4. The van der Waals surface area contributed by atoms with E-state index in [4.69, 9.17) is 4.98 Å². The van der Waals surface area contributed by atoms with E-state index in [1.807, 2.05) is 24.4 Å². The molecule has 0 aromatic carbocycles. The lowest BCUT2D eigenvalue weighted by Gasteiger charge is -2.10. The molecule has 3 nitrogen and oxygen atoms in total. The topological polar surface area (TPSA) is 37.8 Å². The molecule has 1 aliphatic rings. The SMILES string of the molecule is CCc1nc(-c2ccccn2)sc1CNC1CCCC1. The Morgan fingerprint density at radius 1 is 1.30 bits per heavy atom. The summed E-state index contributed by atoms with van der Waals surface area (Å²) >= 11 is 1.78. The Balaban J connectivity index is 1.74. The minimum atomic E-state index is 0.708. The molecule has 0 unspecified atom stereocenters. The smallest absolute Gasteiger partial charge is 0.142 e. The number of nitrogens with zero attached hydrogens (tertiary/aromatic N) is 2. The van der Waals surface area contributed by atoms with Crippen LogP contribution in [0.4, 0.5) is 0 Å². The van der Waals surface area contributed by atoms with Crippen LogP contribution in [0.2, 0.25) is 0 Å². The molecule has 2 aromatic rings. The maximum absolute atomic E-state index is 4.76. The van der Waals surface area contributed by atoms with Gasteiger partial charge in [-0.25, -0.2) is 4.98 Å². The molecule has 1 N–H and O–H groups in total. The van der Waals surface area contributed by atoms with E-state index in [0.29, 0.717) is 6.04 Å². The molecular weight excluding hydrogens is 266 g/mol. The lowest BCUT2D eigenvalue weighted by molar-refractivity contribution is 0.525. The van der Waals surface area contributed by atoms with Gasteiger partial charge in [-0.3, -0.25) is 4.98 Å². The summed E-state index contributed by atoms with van der Waals surface area (Å²) < 4.78 is 0. The van der Waals surface area contributed by atoms with Crippen molar-refractivity contribution in [1.29, 1.82) is 0 Å². The summed E-state index contributed by atoms with van der Waals surface area (Å²) in [7, 11) is 0. The van der Waals surface area contributed by atoms with Gasteiger partial charge < -0.3 is 5.32 Å². The van der Waals surface area contributed by atoms with E-state index in [9.17, 15) is 0 Å². The average Bonchev–Trinajstić information content (AvgIpc) is 3.15. The third-order valence-corrected chi connectivity index (χ3v) is 5.02.